The number of aromatic nitrogens is 3. The monoisotopic (exact) mass is 434 g/mol. The van der Waals surface area contributed by atoms with Gasteiger partial charge in [-0.05, 0) is 55.5 Å². The van der Waals surface area contributed by atoms with E-state index < -0.39 is 6.36 Å². The third-order valence-electron chi connectivity index (χ3n) is 5.51. The number of benzene rings is 1. The van der Waals surface area contributed by atoms with E-state index in [1.807, 2.05) is 12.3 Å². The van der Waals surface area contributed by atoms with E-state index in [-0.39, 0.29) is 5.75 Å². The number of hydrogen-bond acceptors (Lipinski definition) is 5. The van der Waals surface area contributed by atoms with Crippen LogP contribution < -0.4 is 10.1 Å². The zero-order valence-corrected chi connectivity index (χ0v) is 17.1. The van der Waals surface area contributed by atoms with Gasteiger partial charge in [0.2, 0.25) is 0 Å². The topological polar surface area (TPSA) is 61.2 Å². The minimum absolute atomic E-state index is 0.267. The number of rotatable bonds is 6. The summed E-state index contributed by atoms with van der Waals surface area (Å²) in [6.07, 6.45) is 4.53. The van der Waals surface area contributed by atoms with Crippen molar-refractivity contribution in [2.45, 2.75) is 45.0 Å². The fraction of sp³-hybridized carbons (Fsp3) is 0.455. The Hall–Kier alpha value is -2.81. The molecule has 1 unspecified atom stereocenters. The van der Waals surface area contributed by atoms with E-state index in [9.17, 15) is 13.2 Å². The fourth-order valence-corrected chi connectivity index (χ4v) is 3.90. The first kappa shape index (κ1) is 21.4. The average molecular weight is 434 g/mol. The zero-order valence-electron chi connectivity index (χ0n) is 17.1. The maximum atomic E-state index is 12.3. The molecule has 6 nitrogen and oxygen atoms in total. The van der Waals surface area contributed by atoms with Crippen LogP contribution in [0, 0.1) is 5.92 Å². The summed E-state index contributed by atoms with van der Waals surface area (Å²) < 4.78 is 48.6. The number of fused-ring (bicyclic) bond motifs is 1. The standard InChI is InChI=1S/C22H25F3N4O2/c23-22(24,25)31-18-6-4-17(5-7-18)28-20-19-9-12-29(21(19)27-15-26-20)11-8-16-3-1-2-13-30-14-10-16/h4-7,9,12,15-16H,1-3,8,10-11,13-14H2,(H,26,27,28). The first-order chi connectivity index (χ1) is 15.0. The molecule has 0 radical (unpaired) electrons. The Bertz CT molecular complexity index is 981. The summed E-state index contributed by atoms with van der Waals surface area (Å²) in [6, 6.07) is 7.52. The Labute approximate surface area is 178 Å². The predicted molar refractivity (Wildman–Crippen MR) is 111 cm³/mol. The lowest BCUT2D eigenvalue weighted by atomic mass is 9.94. The van der Waals surface area contributed by atoms with Gasteiger partial charge in [0.05, 0.1) is 5.39 Å². The maximum absolute atomic E-state index is 12.3. The van der Waals surface area contributed by atoms with Crippen molar-refractivity contribution in [1.82, 2.24) is 14.5 Å². The number of aryl methyl sites for hydroxylation is 1. The molecule has 1 fully saturated rings. The van der Waals surface area contributed by atoms with Gasteiger partial charge in [0, 0.05) is 31.6 Å². The number of nitrogens with zero attached hydrogens (tertiary/aromatic N) is 3. The van der Waals surface area contributed by atoms with Crippen LogP contribution in [-0.2, 0) is 11.3 Å². The quantitative estimate of drug-likeness (QED) is 0.542. The van der Waals surface area contributed by atoms with Crippen LogP contribution in [0.1, 0.15) is 32.1 Å². The molecular weight excluding hydrogens is 409 g/mol. The van der Waals surface area contributed by atoms with E-state index in [1.54, 1.807) is 0 Å². The molecule has 1 aliphatic heterocycles. The average Bonchev–Trinajstić information content (AvgIpc) is 3.12. The number of ether oxygens (including phenoxy) is 2. The van der Waals surface area contributed by atoms with Gasteiger partial charge >= 0.3 is 6.36 Å². The van der Waals surface area contributed by atoms with Crippen LogP contribution in [0.15, 0.2) is 42.9 Å². The van der Waals surface area contributed by atoms with Gasteiger partial charge < -0.3 is 19.4 Å². The van der Waals surface area contributed by atoms with Gasteiger partial charge in [0.25, 0.3) is 0 Å². The molecular formula is C22H25F3N4O2. The molecule has 1 N–H and O–H groups in total. The van der Waals surface area contributed by atoms with Gasteiger partial charge in [0.15, 0.2) is 0 Å². The van der Waals surface area contributed by atoms with Crippen molar-refractivity contribution in [3.63, 3.8) is 0 Å². The lowest BCUT2D eigenvalue weighted by Crippen LogP contribution is -2.16. The number of anilines is 2. The summed E-state index contributed by atoms with van der Waals surface area (Å²) >= 11 is 0. The van der Waals surface area contributed by atoms with Crippen LogP contribution in [0.2, 0.25) is 0 Å². The second-order valence-corrected chi connectivity index (χ2v) is 7.72. The Morgan fingerprint density at radius 2 is 1.90 bits per heavy atom. The SMILES string of the molecule is FC(F)(F)Oc1ccc(Nc2ncnc3c2ccn3CCC2CCCCOCC2)cc1. The fourth-order valence-electron chi connectivity index (χ4n) is 3.90. The van der Waals surface area contributed by atoms with E-state index in [0.29, 0.717) is 17.4 Å². The minimum atomic E-state index is -4.71. The highest BCUT2D eigenvalue weighted by atomic mass is 19.4. The van der Waals surface area contributed by atoms with Crippen molar-refractivity contribution >= 4 is 22.5 Å². The van der Waals surface area contributed by atoms with Gasteiger partial charge in [0.1, 0.15) is 23.5 Å². The molecule has 0 aliphatic carbocycles. The smallest absolute Gasteiger partial charge is 0.406 e. The van der Waals surface area contributed by atoms with Gasteiger partial charge in [-0.3, -0.25) is 0 Å². The molecule has 2 aromatic heterocycles. The van der Waals surface area contributed by atoms with Crippen LogP contribution in [0.25, 0.3) is 11.0 Å². The van der Waals surface area contributed by atoms with E-state index in [1.165, 1.54) is 43.4 Å². The zero-order chi connectivity index (χ0) is 21.7. The highest BCUT2D eigenvalue weighted by molar-refractivity contribution is 5.89. The first-order valence-corrected chi connectivity index (χ1v) is 10.5. The Balaban J connectivity index is 1.43. The lowest BCUT2D eigenvalue weighted by molar-refractivity contribution is -0.274. The molecule has 1 saturated heterocycles. The van der Waals surface area contributed by atoms with Gasteiger partial charge in [-0.25, -0.2) is 9.97 Å². The van der Waals surface area contributed by atoms with E-state index >= 15 is 0 Å². The first-order valence-electron chi connectivity index (χ1n) is 10.5. The van der Waals surface area contributed by atoms with Crippen molar-refractivity contribution in [1.29, 1.82) is 0 Å². The van der Waals surface area contributed by atoms with Crippen LogP contribution in [-0.4, -0.2) is 34.1 Å². The molecule has 166 valence electrons. The predicted octanol–water partition coefficient (Wildman–Crippen LogP) is 5.67. The molecule has 3 aromatic rings. The summed E-state index contributed by atoms with van der Waals surface area (Å²) in [5.41, 5.74) is 1.44. The van der Waals surface area contributed by atoms with Crippen LogP contribution in [0.5, 0.6) is 5.75 Å². The molecule has 4 rings (SSSR count). The third-order valence-corrected chi connectivity index (χ3v) is 5.51. The minimum Gasteiger partial charge on any atom is -0.406 e. The van der Waals surface area contributed by atoms with Crippen LogP contribution in [0.4, 0.5) is 24.7 Å². The largest absolute Gasteiger partial charge is 0.573 e. The van der Waals surface area contributed by atoms with E-state index in [0.717, 1.165) is 50.1 Å². The van der Waals surface area contributed by atoms with Crippen molar-refractivity contribution in [3.05, 3.63) is 42.9 Å². The Morgan fingerprint density at radius 3 is 2.71 bits per heavy atom. The second-order valence-electron chi connectivity index (χ2n) is 7.72. The summed E-state index contributed by atoms with van der Waals surface area (Å²) in [4.78, 5) is 8.74. The molecule has 1 aromatic carbocycles. The molecule has 3 heterocycles. The highest BCUT2D eigenvalue weighted by Gasteiger charge is 2.31. The van der Waals surface area contributed by atoms with E-state index in [4.69, 9.17) is 4.74 Å². The van der Waals surface area contributed by atoms with Crippen molar-refractivity contribution < 1.29 is 22.6 Å². The summed E-state index contributed by atoms with van der Waals surface area (Å²) in [5.74, 6) is 0.985. The van der Waals surface area contributed by atoms with Crippen molar-refractivity contribution in [2.75, 3.05) is 18.5 Å². The van der Waals surface area contributed by atoms with E-state index in [2.05, 4.69) is 24.6 Å². The molecule has 0 bridgehead atoms. The van der Waals surface area contributed by atoms with Crippen LogP contribution in [0.3, 0.4) is 0 Å². The molecule has 0 spiro atoms. The maximum Gasteiger partial charge on any atom is 0.573 e. The van der Waals surface area contributed by atoms with Gasteiger partial charge in [-0.1, -0.05) is 12.8 Å². The number of alkyl halides is 3. The summed E-state index contributed by atoms with van der Waals surface area (Å²) in [5, 5.41) is 4.01. The number of hydrogen-bond donors (Lipinski definition) is 1. The number of nitrogens with one attached hydrogen (secondary N) is 1. The molecule has 0 saturated carbocycles. The normalized spacial score (nSPS) is 17.8. The molecule has 9 heteroatoms. The molecule has 1 aliphatic rings. The summed E-state index contributed by atoms with van der Waals surface area (Å²) in [6.45, 7) is 2.58. The van der Waals surface area contributed by atoms with Crippen LogP contribution >= 0.6 is 0 Å². The molecule has 0 amide bonds. The highest BCUT2D eigenvalue weighted by Crippen LogP contribution is 2.28. The van der Waals surface area contributed by atoms with Crippen molar-refractivity contribution in [2.24, 2.45) is 5.92 Å². The summed E-state index contributed by atoms with van der Waals surface area (Å²) in [7, 11) is 0. The van der Waals surface area contributed by atoms with Gasteiger partial charge in [-0.15, -0.1) is 13.2 Å². The van der Waals surface area contributed by atoms with Crippen molar-refractivity contribution in [3.8, 4) is 5.75 Å². The number of halogens is 3. The molecule has 31 heavy (non-hydrogen) atoms. The second kappa shape index (κ2) is 9.55. The third kappa shape index (κ3) is 5.88. The Morgan fingerprint density at radius 1 is 1.06 bits per heavy atom. The molecule has 1 atom stereocenters. The van der Waals surface area contributed by atoms with Gasteiger partial charge in [-0.2, -0.15) is 0 Å². The Kier molecular flexibility index (Phi) is 6.60. The lowest BCUT2D eigenvalue weighted by Gasteiger charge is -2.20.